The highest BCUT2D eigenvalue weighted by atomic mass is 35.5. The third kappa shape index (κ3) is 2.64. The van der Waals surface area contributed by atoms with E-state index in [2.05, 4.69) is 0 Å². The molecule has 1 N–H and O–H groups in total. The minimum absolute atomic E-state index is 0.0654. The lowest BCUT2D eigenvalue weighted by Crippen LogP contribution is -2.50. The lowest BCUT2D eigenvalue weighted by atomic mass is 9.95. The number of amides is 1. The van der Waals surface area contributed by atoms with E-state index in [1.54, 1.807) is 17.0 Å². The van der Waals surface area contributed by atoms with Crippen LogP contribution in [-0.4, -0.2) is 35.0 Å². The van der Waals surface area contributed by atoms with E-state index in [0.29, 0.717) is 23.7 Å². The van der Waals surface area contributed by atoms with Crippen LogP contribution in [0.4, 0.5) is 0 Å². The number of hydrogen-bond acceptors (Lipinski definition) is 2. The van der Waals surface area contributed by atoms with Gasteiger partial charge in [0.15, 0.2) is 0 Å². The Morgan fingerprint density at radius 2 is 2.11 bits per heavy atom. The van der Waals surface area contributed by atoms with Crippen molar-refractivity contribution in [1.82, 2.24) is 4.90 Å². The van der Waals surface area contributed by atoms with E-state index in [0.717, 1.165) is 5.56 Å². The Morgan fingerprint density at radius 1 is 1.44 bits per heavy atom. The van der Waals surface area contributed by atoms with E-state index >= 15 is 0 Å². The fourth-order valence-corrected chi connectivity index (χ4v) is 2.39. The topological polar surface area (TPSA) is 57.6 Å². The van der Waals surface area contributed by atoms with E-state index in [1.165, 1.54) is 0 Å². The highest BCUT2D eigenvalue weighted by Crippen LogP contribution is 2.25. The molecule has 0 atom stereocenters. The first-order valence-corrected chi connectivity index (χ1v) is 6.12. The summed E-state index contributed by atoms with van der Waals surface area (Å²) >= 11 is 6.03. The first-order valence-electron chi connectivity index (χ1n) is 5.74. The average Bonchev–Trinajstić information content (AvgIpc) is 2.21. The quantitative estimate of drug-likeness (QED) is 0.913. The molecule has 0 spiro atoms. The maximum Gasteiger partial charge on any atom is 0.303 e. The Kier molecular flexibility index (Phi) is 3.57. The van der Waals surface area contributed by atoms with Crippen molar-refractivity contribution in [3.05, 3.63) is 34.3 Å². The van der Waals surface area contributed by atoms with E-state index in [4.69, 9.17) is 16.7 Å². The van der Waals surface area contributed by atoms with Crippen molar-refractivity contribution in [2.45, 2.75) is 13.3 Å². The van der Waals surface area contributed by atoms with Crippen LogP contribution in [0.15, 0.2) is 18.2 Å². The fourth-order valence-electron chi connectivity index (χ4n) is 2.08. The van der Waals surface area contributed by atoms with E-state index < -0.39 is 5.97 Å². The molecule has 96 valence electrons. The zero-order valence-electron chi connectivity index (χ0n) is 10.0. The van der Waals surface area contributed by atoms with Crippen LogP contribution in [0.3, 0.4) is 0 Å². The molecule has 1 aromatic carbocycles. The van der Waals surface area contributed by atoms with Gasteiger partial charge in [-0.1, -0.05) is 17.7 Å². The number of benzene rings is 1. The summed E-state index contributed by atoms with van der Waals surface area (Å²) in [5.74, 6) is -0.877. The second-order valence-corrected chi connectivity index (χ2v) is 5.06. The van der Waals surface area contributed by atoms with E-state index in [1.807, 2.05) is 13.0 Å². The van der Waals surface area contributed by atoms with Crippen molar-refractivity contribution < 1.29 is 14.7 Å². The second-order valence-electron chi connectivity index (χ2n) is 4.66. The Hall–Kier alpha value is -1.55. The number of carbonyl (C=O) groups is 2. The molecule has 1 aliphatic rings. The number of likely N-dealkylation sites (tertiary alicyclic amines) is 1. The SMILES string of the molecule is Cc1ccc(C(=O)N2CC(CC(=O)O)C2)c(Cl)c1. The lowest BCUT2D eigenvalue weighted by Gasteiger charge is -2.38. The van der Waals surface area contributed by atoms with Gasteiger partial charge in [-0.3, -0.25) is 9.59 Å². The molecule has 0 unspecified atom stereocenters. The van der Waals surface area contributed by atoms with Crippen LogP contribution in [-0.2, 0) is 4.79 Å². The van der Waals surface area contributed by atoms with Gasteiger partial charge in [0.25, 0.3) is 5.91 Å². The third-order valence-corrected chi connectivity index (χ3v) is 3.38. The molecule has 1 aliphatic heterocycles. The van der Waals surface area contributed by atoms with Crippen LogP contribution in [0.2, 0.25) is 5.02 Å². The molecule has 1 saturated heterocycles. The fraction of sp³-hybridized carbons (Fsp3) is 0.385. The summed E-state index contributed by atoms with van der Waals surface area (Å²) in [6.45, 7) is 2.90. The highest BCUT2D eigenvalue weighted by molar-refractivity contribution is 6.33. The second kappa shape index (κ2) is 4.98. The Balaban J connectivity index is 1.99. The van der Waals surface area contributed by atoms with Crippen LogP contribution in [0.5, 0.6) is 0 Å². The summed E-state index contributed by atoms with van der Waals surface area (Å²) in [4.78, 5) is 24.2. The molecule has 0 aliphatic carbocycles. The summed E-state index contributed by atoms with van der Waals surface area (Å²) in [5.41, 5.74) is 1.49. The predicted molar refractivity (Wildman–Crippen MR) is 67.8 cm³/mol. The molecule has 2 rings (SSSR count). The van der Waals surface area contributed by atoms with Gasteiger partial charge >= 0.3 is 5.97 Å². The molecular weight excluding hydrogens is 254 g/mol. The van der Waals surface area contributed by atoms with Crippen molar-refractivity contribution >= 4 is 23.5 Å². The summed E-state index contributed by atoms with van der Waals surface area (Å²) in [5, 5.41) is 9.09. The van der Waals surface area contributed by atoms with Gasteiger partial charge in [-0.2, -0.15) is 0 Å². The number of aliphatic carboxylic acids is 1. The largest absolute Gasteiger partial charge is 0.481 e. The number of rotatable bonds is 3. The molecule has 1 heterocycles. The summed E-state index contributed by atoms with van der Waals surface area (Å²) in [6.07, 6.45) is 0.116. The van der Waals surface area contributed by atoms with Crippen molar-refractivity contribution in [1.29, 1.82) is 0 Å². The lowest BCUT2D eigenvalue weighted by molar-refractivity contribution is -0.139. The van der Waals surface area contributed by atoms with Crippen molar-refractivity contribution in [2.24, 2.45) is 5.92 Å². The normalized spacial score (nSPS) is 15.3. The Labute approximate surface area is 110 Å². The van der Waals surface area contributed by atoms with Gasteiger partial charge in [0, 0.05) is 19.0 Å². The van der Waals surface area contributed by atoms with Crippen LogP contribution < -0.4 is 0 Å². The maximum atomic E-state index is 12.1. The number of halogens is 1. The maximum absolute atomic E-state index is 12.1. The number of hydrogen-bond donors (Lipinski definition) is 1. The molecular formula is C13H14ClNO3. The van der Waals surface area contributed by atoms with Crippen molar-refractivity contribution in [3.63, 3.8) is 0 Å². The average molecular weight is 268 g/mol. The summed E-state index contributed by atoms with van der Waals surface area (Å²) in [6, 6.07) is 5.31. The van der Waals surface area contributed by atoms with Gasteiger partial charge in [-0.25, -0.2) is 0 Å². The number of carboxylic acid groups (broad SMARTS) is 1. The van der Waals surface area contributed by atoms with Crippen molar-refractivity contribution in [2.75, 3.05) is 13.1 Å². The van der Waals surface area contributed by atoms with Crippen LogP contribution >= 0.6 is 11.6 Å². The van der Waals surface area contributed by atoms with Crippen LogP contribution in [0, 0.1) is 12.8 Å². The Bertz CT molecular complexity index is 495. The zero-order chi connectivity index (χ0) is 13.3. The Morgan fingerprint density at radius 3 is 2.67 bits per heavy atom. The molecule has 18 heavy (non-hydrogen) atoms. The highest BCUT2D eigenvalue weighted by Gasteiger charge is 2.33. The smallest absolute Gasteiger partial charge is 0.303 e. The van der Waals surface area contributed by atoms with Gasteiger partial charge in [0.1, 0.15) is 0 Å². The number of nitrogens with zero attached hydrogens (tertiary/aromatic N) is 1. The third-order valence-electron chi connectivity index (χ3n) is 3.06. The van der Waals surface area contributed by atoms with Gasteiger partial charge in [-0.05, 0) is 24.6 Å². The molecule has 1 aromatic rings. The number of carboxylic acids is 1. The first-order chi connectivity index (χ1) is 8.47. The van der Waals surface area contributed by atoms with E-state index in [9.17, 15) is 9.59 Å². The molecule has 0 radical (unpaired) electrons. The molecule has 0 aromatic heterocycles. The van der Waals surface area contributed by atoms with Gasteiger partial charge in [0.05, 0.1) is 17.0 Å². The van der Waals surface area contributed by atoms with Crippen LogP contribution in [0.25, 0.3) is 0 Å². The number of carbonyl (C=O) groups excluding carboxylic acids is 1. The summed E-state index contributed by atoms with van der Waals surface area (Å²) in [7, 11) is 0. The molecule has 4 nitrogen and oxygen atoms in total. The van der Waals surface area contributed by atoms with Crippen molar-refractivity contribution in [3.8, 4) is 0 Å². The number of aryl methyl sites for hydroxylation is 1. The van der Waals surface area contributed by atoms with Gasteiger partial charge in [-0.15, -0.1) is 0 Å². The van der Waals surface area contributed by atoms with E-state index in [-0.39, 0.29) is 18.2 Å². The van der Waals surface area contributed by atoms with Crippen LogP contribution in [0.1, 0.15) is 22.3 Å². The molecule has 0 saturated carbocycles. The monoisotopic (exact) mass is 267 g/mol. The minimum atomic E-state index is -0.819. The standard InChI is InChI=1S/C13H14ClNO3/c1-8-2-3-10(11(14)4-8)13(18)15-6-9(7-15)5-12(16)17/h2-4,9H,5-7H2,1H3,(H,16,17). The molecule has 1 fully saturated rings. The zero-order valence-corrected chi connectivity index (χ0v) is 10.8. The molecule has 0 bridgehead atoms. The predicted octanol–water partition coefficient (Wildman–Crippen LogP) is 2.20. The van der Waals surface area contributed by atoms with Gasteiger partial charge < -0.3 is 10.0 Å². The molecule has 1 amide bonds. The summed E-state index contributed by atoms with van der Waals surface area (Å²) < 4.78 is 0. The minimum Gasteiger partial charge on any atom is -0.481 e. The molecule has 5 heteroatoms. The van der Waals surface area contributed by atoms with Gasteiger partial charge in [0.2, 0.25) is 0 Å². The first kappa shape index (κ1) is 12.9.